The van der Waals surface area contributed by atoms with Gasteiger partial charge in [-0.15, -0.1) is 0 Å². The number of halogens is 1. The third-order valence-electron chi connectivity index (χ3n) is 5.44. The van der Waals surface area contributed by atoms with Gasteiger partial charge in [0.1, 0.15) is 16.5 Å². The fraction of sp³-hybridized carbons (Fsp3) is 0.0870. The Kier molecular flexibility index (Phi) is 4.83. The molecule has 32 heavy (non-hydrogen) atoms. The van der Waals surface area contributed by atoms with Gasteiger partial charge >= 0.3 is 0 Å². The number of nitrogens with zero attached hydrogens (tertiary/aromatic N) is 2. The first-order valence-electron chi connectivity index (χ1n) is 9.80. The van der Waals surface area contributed by atoms with Crippen molar-refractivity contribution in [3.63, 3.8) is 0 Å². The van der Waals surface area contributed by atoms with Gasteiger partial charge in [-0.2, -0.15) is 0 Å². The monoisotopic (exact) mass is 465 g/mol. The summed E-state index contributed by atoms with van der Waals surface area (Å²) < 4.78 is 27.8. The molecule has 0 spiro atoms. The number of pyridine rings is 1. The number of aromatic nitrogens is 1. The number of allylic oxidation sites excluding steroid dienone is 2. The minimum absolute atomic E-state index is 0.0349. The predicted molar refractivity (Wildman–Crippen MR) is 121 cm³/mol. The van der Waals surface area contributed by atoms with Crippen molar-refractivity contribution in [2.75, 3.05) is 16.2 Å². The maximum atomic E-state index is 13.3. The largest absolute Gasteiger partial charge is 0.351 e. The summed E-state index contributed by atoms with van der Waals surface area (Å²) in [4.78, 5) is 29.8. The third kappa shape index (κ3) is 3.19. The van der Waals surface area contributed by atoms with Gasteiger partial charge in [0.15, 0.2) is 0 Å². The van der Waals surface area contributed by atoms with Crippen LogP contribution in [0.4, 0.5) is 11.5 Å². The Morgan fingerprint density at radius 1 is 0.938 bits per heavy atom. The highest BCUT2D eigenvalue weighted by Crippen LogP contribution is 2.33. The maximum absolute atomic E-state index is 13.3. The van der Waals surface area contributed by atoms with Crippen LogP contribution in [0.15, 0.2) is 82.5 Å². The number of benzene rings is 2. The third-order valence-corrected chi connectivity index (χ3v) is 7.59. The second-order valence-electron chi connectivity index (χ2n) is 7.36. The lowest BCUT2D eigenvalue weighted by molar-refractivity contribution is 0.0982. The van der Waals surface area contributed by atoms with Gasteiger partial charge < -0.3 is 5.32 Å². The average Bonchev–Trinajstić information content (AvgIpc) is 3.26. The van der Waals surface area contributed by atoms with Gasteiger partial charge in [0.2, 0.25) is 11.6 Å². The molecule has 5 rings (SSSR count). The van der Waals surface area contributed by atoms with Crippen LogP contribution in [0.5, 0.6) is 0 Å². The summed E-state index contributed by atoms with van der Waals surface area (Å²) in [5.74, 6) is -0.481. The Morgan fingerprint density at radius 2 is 1.69 bits per heavy atom. The number of carbonyl (C=O) groups excluding carboxylic acids is 2. The molecule has 2 heterocycles. The van der Waals surface area contributed by atoms with Crippen molar-refractivity contribution in [1.82, 2.24) is 4.98 Å². The summed E-state index contributed by atoms with van der Waals surface area (Å²) >= 11 is 6.21. The first-order valence-corrected chi connectivity index (χ1v) is 11.6. The van der Waals surface area contributed by atoms with E-state index in [1.54, 1.807) is 48.7 Å². The van der Waals surface area contributed by atoms with E-state index in [0.717, 1.165) is 5.56 Å². The molecule has 0 radical (unpaired) electrons. The highest BCUT2D eigenvalue weighted by atomic mass is 35.5. The fourth-order valence-electron chi connectivity index (χ4n) is 3.87. The van der Waals surface area contributed by atoms with Crippen LogP contribution in [0, 0.1) is 0 Å². The minimum Gasteiger partial charge on any atom is -0.351 e. The predicted octanol–water partition coefficient (Wildman–Crippen LogP) is 3.77. The van der Waals surface area contributed by atoms with Gasteiger partial charge in [0, 0.05) is 29.6 Å². The number of anilines is 2. The molecule has 1 aliphatic heterocycles. The van der Waals surface area contributed by atoms with Gasteiger partial charge in [0.05, 0.1) is 4.90 Å². The number of ketones is 2. The number of carbonyl (C=O) groups is 2. The number of hydrogen-bond acceptors (Lipinski definition) is 6. The van der Waals surface area contributed by atoms with Crippen molar-refractivity contribution in [3.8, 4) is 0 Å². The highest BCUT2D eigenvalue weighted by molar-refractivity contribution is 7.92. The minimum atomic E-state index is -3.87. The van der Waals surface area contributed by atoms with Gasteiger partial charge in [-0.3, -0.25) is 9.59 Å². The SMILES string of the molecule is O=C1C(Cl)=C(Nc2cccc(S(=O)(=O)N3CCc4cccnc43)c2)C(=O)c2ccccc21. The molecule has 0 saturated heterocycles. The summed E-state index contributed by atoms with van der Waals surface area (Å²) in [5, 5.41) is 2.62. The van der Waals surface area contributed by atoms with Crippen molar-refractivity contribution in [2.45, 2.75) is 11.3 Å². The van der Waals surface area contributed by atoms with E-state index in [9.17, 15) is 18.0 Å². The number of rotatable bonds is 4. The second kappa shape index (κ2) is 7.58. The van der Waals surface area contributed by atoms with E-state index in [1.807, 2.05) is 6.07 Å². The lowest BCUT2D eigenvalue weighted by Gasteiger charge is -2.21. The van der Waals surface area contributed by atoms with Crippen molar-refractivity contribution in [2.24, 2.45) is 0 Å². The zero-order valence-electron chi connectivity index (χ0n) is 16.6. The van der Waals surface area contributed by atoms with Crippen molar-refractivity contribution in [1.29, 1.82) is 0 Å². The van der Waals surface area contributed by atoms with Gasteiger partial charge in [-0.1, -0.05) is 48.0 Å². The van der Waals surface area contributed by atoms with E-state index >= 15 is 0 Å². The number of fused-ring (bicyclic) bond motifs is 2. The molecule has 2 aliphatic rings. The molecule has 1 N–H and O–H groups in total. The Balaban J connectivity index is 1.49. The lowest BCUT2D eigenvalue weighted by Crippen LogP contribution is -2.29. The quantitative estimate of drug-likeness (QED) is 0.630. The standard InChI is InChI=1S/C23H16ClN3O4S/c24-19-20(22(29)18-9-2-1-8-17(18)21(19)28)26-15-6-3-7-16(13-15)32(30,31)27-12-10-14-5-4-11-25-23(14)27/h1-9,11,13,26H,10,12H2. The fourth-order valence-corrected chi connectivity index (χ4v) is 5.61. The topological polar surface area (TPSA) is 96.4 Å². The first-order chi connectivity index (χ1) is 15.4. The molecule has 0 unspecified atom stereocenters. The van der Waals surface area contributed by atoms with E-state index in [4.69, 9.17) is 11.6 Å². The van der Waals surface area contributed by atoms with E-state index in [2.05, 4.69) is 10.3 Å². The summed E-state index contributed by atoms with van der Waals surface area (Å²) in [6, 6.07) is 16.1. The molecule has 0 amide bonds. The van der Waals surface area contributed by atoms with Crippen LogP contribution >= 0.6 is 11.6 Å². The van der Waals surface area contributed by atoms with Crippen molar-refractivity contribution in [3.05, 3.63) is 94.3 Å². The van der Waals surface area contributed by atoms with Gasteiger partial charge in [0.25, 0.3) is 10.0 Å². The molecule has 1 aromatic heterocycles. The molecular formula is C23H16ClN3O4S. The van der Waals surface area contributed by atoms with Crippen LogP contribution in [-0.4, -0.2) is 31.5 Å². The first kappa shape index (κ1) is 20.4. The Hall–Kier alpha value is -3.49. The van der Waals surface area contributed by atoms with Gasteiger partial charge in [-0.25, -0.2) is 17.7 Å². The summed E-state index contributed by atoms with van der Waals surface area (Å²) in [6.07, 6.45) is 2.14. The molecule has 2 aromatic carbocycles. The number of Topliss-reactive ketones (excluding diaryl/α,β-unsaturated/α-hetero) is 2. The van der Waals surface area contributed by atoms with Crippen LogP contribution in [0.1, 0.15) is 26.3 Å². The van der Waals surface area contributed by atoms with E-state index in [1.165, 1.54) is 16.4 Å². The average molecular weight is 466 g/mol. The van der Waals surface area contributed by atoms with E-state index in [0.29, 0.717) is 24.5 Å². The van der Waals surface area contributed by atoms with E-state index < -0.39 is 21.6 Å². The van der Waals surface area contributed by atoms with Crippen LogP contribution in [0.2, 0.25) is 0 Å². The Bertz CT molecular complexity index is 1430. The van der Waals surface area contributed by atoms with Crippen LogP contribution < -0.4 is 9.62 Å². The number of hydrogen-bond donors (Lipinski definition) is 1. The molecule has 3 aromatic rings. The molecule has 0 atom stereocenters. The molecule has 9 heteroatoms. The van der Waals surface area contributed by atoms with Crippen molar-refractivity contribution >= 4 is 44.7 Å². The van der Waals surface area contributed by atoms with Crippen LogP contribution in [0.25, 0.3) is 0 Å². The Morgan fingerprint density at radius 3 is 2.47 bits per heavy atom. The highest BCUT2D eigenvalue weighted by Gasteiger charge is 2.33. The molecule has 7 nitrogen and oxygen atoms in total. The zero-order chi connectivity index (χ0) is 22.5. The second-order valence-corrected chi connectivity index (χ2v) is 9.60. The summed E-state index contributed by atoms with van der Waals surface area (Å²) in [7, 11) is -3.87. The smallest absolute Gasteiger partial charge is 0.265 e. The van der Waals surface area contributed by atoms with Crippen molar-refractivity contribution < 1.29 is 18.0 Å². The summed E-state index contributed by atoms with van der Waals surface area (Å²) in [5.41, 5.74) is 1.59. The molecule has 160 valence electrons. The number of sulfonamides is 1. The van der Waals surface area contributed by atoms with Crippen LogP contribution in [0.3, 0.4) is 0 Å². The van der Waals surface area contributed by atoms with Crippen LogP contribution in [-0.2, 0) is 16.4 Å². The zero-order valence-corrected chi connectivity index (χ0v) is 18.2. The van der Waals surface area contributed by atoms with Gasteiger partial charge in [-0.05, 0) is 36.2 Å². The molecular weight excluding hydrogens is 450 g/mol. The molecule has 0 fully saturated rings. The normalized spacial score (nSPS) is 15.6. The molecule has 1 aliphatic carbocycles. The number of nitrogens with one attached hydrogen (secondary N) is 1. The van der Waals surface area contributed by atoms with E-state index in [-0.39, 0.29) is 26.8 Å². The lowest BCUT2D eigenvalue weighted by atomic mass is 9.92. The summed E-state index contributed by atoms with van der Waals surface area (Å²) in [6.45, 7) is 0.299. The Labute approximate surface area is 189 Å². The molecule has 0 saturated carbocycles. The molecule has 0 bridgehead atoms. The maximum Gasteiger partial charge on any atom is 0.265 e.